The lowest BCUT2D eigenvalue weighted by Gasteiger charge is -2.40. The highest BCUT2D eigenvalue weighted by Crippen LogP contribution is 2.30. The average molecular weight is 282 g/mol. The highest BCUT2D eigenvalue weighted by molar-refractivity contribution is 4.95. The Morgan fingerprint density at radius 2 is 1.95 bits per heavy atom. The normalized spacial score (nSPS) is 24.1. The number of nitrogens with one attached hydrogen (secondary N) is 1. The van der Waals surface area contributed by atoms with Gasteiger partial charge in [0.1, 0.15) is 0 Å². The number of hydrogen-bond acceptors (Lipinski definition) is 3. The van der Waals surface area contributed by atoms with E-state index in [0.717, 1.165) is 13.2 Å². The molecule has 2 fully saturated rings. The first-order chi connectivity index (χ1) is 9.70. The van der Waals surface area contributed by atoms with Crippen molar-refractivity contribution in [3.8, 4) is 0 Å². The van der Waals surface area contributed by atoms with Gasteiger partial charge < -0.3 is 15.0 Å². The molecule has 0 amide bonds. The Labute approximate surface area is 125 Å². The molecule has 0 aromatic carbocycles. The van der Waals surface area contributed by atoms with Crippen LogP contribution in [-0.2, 0) is 4.74 Å². The molecule has 1 heterocycles. The molecule has 0 aromatic rings. The molecule has 2 rings (SSSR count). The zero-order chi connectivity index (χ0) is 14.3. The van der Waals surface area contributed by atoms with Gasteiger partial charge in [-0.1, -0.05) is 33.1 Å². The zero-order valence-electron chi connectivity index (χ0n) is 13.6. The molecule has 1 saturated carbocycles. The van der Waals surface area contributed by atoms with Crippen LogP contribution in [0.1, 0.15) is 58.8 Å². The van der Waals surface area contributed by atoms with E-state index in [2.05, 4.69) is 24.1 Å². The van der Waals surface area contributed by atoms with Crippen LogP contribution in [0.2, 0.25) is 0 Å². The largest absolute Gasteiger partial charge is 0.381 e. The van der Waals surface area contributed by atoms with Crippen molar-refractivity contribution in [1.29, 1.82) is 0 Å². The minimum atomic E-state index is 0.438. The molecule has 118 valence electrons. The molecule has 3 nitrogen and oxygen atoms in total. The van der Waals surface area contributed by atoms with Gasteiger partial charge in [0.25, 0.3) is 0 Å². The van der Waals surface area contributed by atoms with E-state index in [1.807, 2.05) is 0 Å². The summed E-state index contributed by atoms with van der Waals surface area (Å²) in [4.78, 5) is 2.68. The van der Waals surface area contributed by atoms with Crippen molar-refractivity contribution in [3.63, 3.8) is 0 Å². The fourth-order valence-electron chi connectivity index (χ4n) is 3.68. The number of nitrogens with zero attached hydrogens (tertiary/aromatic N) is 1. The van der Waals surface area contributed by atoms with Crippen LogP contribution in [0.5, 0.6) is 0 Å². The second-order valence-corrected chi connectivity index (χ2v) is 7.22. The minimum absolute atomic E-state index is 0.438. The lowest BCUT2D eigenvalue weighted by atomic mass is 9.81. The summed E-state index contributed by atoms with van der Waals surface area (Å²) in [5.41, 5.74) is 0.438. The number of rotatable bonds is 6. The van der Waals surface area contributed by atoms with Gasteiger partial charge in [0.05, 0.1) is 0 Å². The Morgan fingerprint density at radius 3 is 2.70 bits per heavy atom. The number of hydrogen-bond donors (Lipinski definition) is 1. The third-order valence-electron chi connectivity index (χ3n) is 4.70. The summed E-state index contributed by atoms with van der Waals surface area (Å²) < 4.78 is 5.71. The van der Waals surface area contributed by atoms with E-state index in [1.54, 1.807) is 0 Å². The van der Waals surface area contributed by atoms with E-state index < -0.39 is 0 Å². The van der Waals surface area contributed by atoms with Gasteiger partial charge in [0.2, 0.25) is 0 Å². The highest BCUT2D eigenvalue weighted by Gasteiger charge is 2.34. The van der Waals surface area contributed by atoms with E-state index in [-0.39, 0.29) is 0 Å². The minimum Gasteiger partial charge on any atom is -0.381 e. The van der Waals surface area contributed by atoms with Crippen LogP contribution >= 0.6 is 0 Å². The van der Waals surface area contributed by atoms with Crippen molar-refractivity contribution in [2.24, 2.45) is 5.92 Å². The Balaban J connectivity index is 1.70. The second-order valence-electron chi connectivity index (χ2n) is 7.22. The van der Waals surface area contributed by atoms with Crippen LogP contribution in [0.25, 0.3) is 0 Å². The Kier molecular flexibility index (Phi) is 6.79. The summed E-state index contributed by atoms with van der Waals surface area (Å²) in [5.74, 6) is 0.655. The van der Waals surface area contributed by atoms with Gasteiger partial charge in [-0.15, -0.1) is 0 Å². The summed E-state index contributed by atoms with van der Waals surface area (Å²) in [5, 5.41) is 3.87. The molecule has 1 aliphatic heterocycles. The standard InChI is InChI=1S/C17H34N2O/c1-16(2)14-20-13-7-12-19-11-6-10-18-17(15-19)8-4-3-5-9-17/h16,18H,3-15H2,1-2H3. The fraction of sp³-hybridized carbons (Fsp3) is 1.00. The monoisotopic (exact) mass is 282 g/mol. The first-order valence-corrected chi connectivity index (χ1v) is 8.75. The summed E-state index contributed by atoms with van der Waals surface area (Å²) in [6.07, 6.45) is 9.52. The van der Waals surface area contributed by atoms with Gasteiger partial charge in [-0.3, -0.25) is 0 Å². The SMILES string of the molecule is CC(C)COCCCN1CCCNC2(CCCCC2)C1. The average Bonchev–Trinajstić information content (AvgIpc) is 2.62. The number of ether oxygens (including phenoxy) is 1. The molecule has 2 aliphatic rings. The van der Waals surface area contributed by atoms with Gasteiger partial charge in [-0.25, -0.2) is 0 Å². The molecule has 1 saturated heterocycles. The second kappa shape index (κ2) is 8.35. The Hall–Kier alpha value is -0.120. The molecule has 1 N–H and O–H groups in total. The molecule has 1 aliphatic carbocycles. The predicted octanol–water partition coefficient (Wildman–Crippen LogP) is 3.05. The lowest BCUT2D eigenvalue weighted by Crippen LogP contribution is -2.52. The van der Waals surface area contributed by atoms with E-state index in [9.17, 15) is 0 Å². The molecular weight excluding hydrogens is 248 g/mol. The quantitative estimate of drug-likeness (QED) is 0.758. The van der Waals surface area contributed by atoms with Crippen LogP contribution in [0.3, 0.4) is 0 Å². The fourth-order valence-corrected chi connectivity index (χ4v) is 3.68. The van der Waals surface area contributed by atoms with E-state index in [1.165, 1.54) is 71.1 Å². The molecule has 3 heteroatoms. The maximum Gasteiger partial charge on any atom is 0.0489 e. The maximum absolute atomic E-state index is 5.71. The molecule has 20 heavy (non-hydrogen) atoms. The molecule has 0 radical (unpaired) electrons. The van der Waals surface area contributed by atoms with Crippen molar-refractivity contribution in [3.05, 3.63) is 0 Å². The zero-order valence-corrected chi connectivity index (χ0v) is 13.6. The summed E-state index contributed by atoms with van der Waals surface area (Å²) in [6.45, 7) is 11.2. The van der Waals surface area contributed by atoms with Crippen LogP contribution in [0.15, 0.2) is 0 Å². The third kappa shape index (κ3) is 5.34. The van der Waals surface area contributed by atoms with Crippen LogP contribution < -0.4 is 5.32 Å². The molecule has 0 bridgehead atoms. The van der Waals surface area contributed by atoms with Crippen molar-refractivity contribution < 1.29 is 4.74 Å². The van der Waals surface area contributed by atoms with Crippen molar-refractivity contribution >= 4 is 0 Å². The molecule has 0 aromatic heterocycles. The van der Waals surface area contributed by atoms with Crippen LogP contribution in [0, 0.1) is 5.92 Å². The van der Waals surface area contributed by atoms with E-state index in [4.69, 9.17) is 4.74 Å². The van der Waals surface area contributed by atoms with Crippen molar-refractivity contribution in [2.75, 3.05) is 39.4 Å². The van der Waals surface area contributed by atoms with Crippen molar-refractivity contribution in [1.82, 2.24) is 10.2 Å². The van der Waals surface area contributed by atoms with Gasteiger partial charge in [0, 0.05) is 31.8 Å². The van der Waals surface area contributed by atoms with E-state index in [0.29, 0.717) is 11.5 Å². The highest BCUT2D eigenvalue weighted by atomic mass is 16.5. The Bertz CT molecular complexity index is 262. The molecule has 1 spiro atoms. The van der Waals surface area contributed by atoms with Gasteiger partial charge >= 0.3 is 0 Å². The van der Waals surface area contributed by atoms with Gasteiger partial charge in [-0.05, 0) is 44.7 Å². The topological polar surface area (TPSA) is 24.5 Å². The first kappa shape index (κ1) is 16.3. The summed E-state index contributed by atoms with van der Waals surface area (Å²) in [7, 11) is 0. The molecule has 0 atom stereocenters. The van der Waals surface area contributed by atoms with E-state index >= 15 is 0 Å². The van der Waals surface area contributed by atoms with Gasteiger partial charge in [0.15, 0.2) is 0 Å². The predicted molar refractivity (Wildman–Crippen MR) is 85.1 cm³/mol. The van der Waals surface area contributed by atoms with Crippen LogP contribution in [0.4, 0.5) is 0 Å². The third-order valence-corrected chi connectivity index (χ3v) is 4.70. The maximum atomic E-state index is 5.71. The molecule has 0 unspecified atom stereocenters. The van der Waals surface area contributed by atoms with Gasteiger partial charge in [-0.2, -0.15) is 0 Å². The first-order valence-electron chi connectivity index (χ1n) is 8.75. The smallest absolute Gasteiger partial charge is 0.0489 e. The Morgan fingerprint density at radius 1 is 1.15 bits per heavy atom. The molecular formula is C17H34N2O. The van der Waals surface area contributed by atoms with Crippen LogP contribution in [-0.4, -0.2) is 49.8 Å². The van der Waals surface area contributed by atoms with Crippen molar-refractivity contribution in [2.45, 2.75) is 64.3 Å². The lowest BCUT2D eigenvalue weighted by molar-refractivity contribution is 0.0939. The summed E-state index contributed by atoms with van der Waals surface area (Å²) >= 11 is 0. The summed E-state index contributed by atoms with van der Waals surface area (Å²) in [6, 6.07) is 0.